The number of ether oxygens (including phenoxy) is 1. The number of aliphatic hydroxyl groups is 1. The van der Waals surface area contributed by atoms with Crippen LogP contribution in [0.4, 0.5) is 4.79 Å². The molecule has 3 rings (SSSR count). The molecule has 0 aromatic heterocycles. The Kier molecular flexibility index (Phi) is 7.10. The molecule has 1 aromatic carbocycles. The molecule has 0 spiro atoms. The van der Waals surface area contributed by atoms with Crippen molar-refractivity contribution in [2.45, 2.75) is 69.8 Å². The number of nitrogens with zero attached hydrogens (tertiary/aromatic N) is 1. The number of nitrogens with one attached hydrogen (secondary N) is 1. The summed E-state index contributed by atoms with van der Waals surface area (Å²) in [6.45, 7) is 5.37. The minimum atomic E-state index is -0.845. The lowest BCUT2D eigenvalue weighted by atomic mass is 9.53. The number of aryl methyl sites for hydroxylation is 1. The molecular formula is C25H36N2O3. The molecule has 0 heterocycles. The van der Waals surface area contributed by atoms with Gasteiger partial charge in [-0.1, -0.05) is 25.3 Å². The molecule has 164 valence electrons. The predicted octanol–water partition coefficient (Wildman–Crippen LogP) is 3.88. The van der Waals surface area contributed by atoms with Crippen molar-refractivity contribution in [1.82, 2.24) is 10.2 Å². The van der Waals surface area contributed by atoms with Crippen LogP contribution in [-0.4, -0.2) is 48.9 Å². The SMILES string of the molecule is CC#C[C@@]1(O)CC[C@]2(CCC)c3ccc(OC(=O)NCCN(C)C)cc3CC[C@H]2C1. The van der Waals surface area contributed by atoms with E-state index in [4.69, 9.17) is 4.74 Å². The lowest BCUT2D eigenvalue weighted by molar-refractivity contribution is -0.0109. The van der Waals surface area contributed by atoms with Gasteiger partial charge in [-0.25, -0.2) is 4.79 Å². The van der Waals surface area contributed by atoms with E-state index < -0.39 is 11.7 Å². The van der Waals surface area contributed by atoms with E-state index in [9.17, 15) is 9.90 Å². The Hall–Kier alpha value is -2.03. The number of benzene rings is 1. The first kappa shape index (κ1) is 22.7. The summed E-state index contributed by atoms with van der Waals surface area (Å²) in [6.07, 6.45) is 6.23. The monoisotopic (exact) mass is 412 g/mol. The van der Waals surface area contributed by atoms with Gasteiger partial charge in [-0.3, -0.25) is 0 Å². The van der Waals surface area contributed by atoms with Gasteiger partial charge < -0.3 is 20.1 Å². The maximum Gasteiger partial charge on any atom is 0.412 e. The van der Waals surface area contributed by atoms with E-state index in [1.807, 2.05) is 31.1 Å². The van der Waals surface area contributed by atoms with Gasteiger partial charge in [0.2, 0.25) is 0 Å². The lowest BCUT2D eigenvalue weighted by Crippen LogP contribution is -2.49. The Bertz CT molecular complexity index is 825. The normalized spacial score (nSPS) is 27.5. The number of likely N-dealkylation sites (N-methyl/N-ethyl adjacent to an activating group) is 1. The van der Waals surface area contributed by atoms with Crippen LogP contribution in [0.3, 0.4) is 0 Å². The summed E-state index contributed by atoms with van der Waals surface area (Å²) < 4.78 is 5.53. The van der Waals surface area contributed by atoms with Gasteiger partial charge in [-0.15, -0.1) is 5.92 Å². The molecule has 1 fully saturated rings. The quantitative estimate of drug-likeness (QED) is 0.696. The predicted molar refractivity (Wildman–Crippen MR) is 120 cm³/mol. The van der Waals surface area contributed by atoms with Crippen molar-refractivity contribution in [2.24, 2.45) is 5.92 Å². The molecular weight excluding hydrogens is 376 g/mol. The number of hydrogen-bond acceptors (Lipinski definition) is 4. The highest BCUT2D eigenvalue weighted by Gasteiger charge is 2.50. The van der Waals surface area contributed by atoms with Gasteiger partial charge >= 0.3 is 6.09 Å². The van der Waals surface area contributed by atoms with Crippen LogP contribution in [0.1, 0.15) is 63.5 Å². The summed E-state index contributed by atoms with van der Waals surface area (Å²) in [6, 6.07) is 6.13. The van der Waals surface area contributed by atoms with Crippen molar-refractivity contribution in [3.05, 3.63) is 29.3 Å². The lowest BCUT2D eigenvalue weighted by Gasteiger charge is -2.52. The zero-order valence-corrected chi connectivity index (χ0v) is 18.9. The Labute approximate surface area is 181 Å². The molecule has 0 radical (unpaired) electrons. The standard InChI is InChI=1S/C25H36N2O3/c1-5-11-24(29)13-14-25(12-6-2)20(18-24)8-7-19-17-21(9-10-22(19)25)30-23(28)26-15-16-27(3)4/h9-10,17,20,29H,6-8,12-16,18H2,1-4H3,(H,26,28)/t20-,24+,25-/m0/s1. The summed E-state index contributed by atoms with van der Waals surface area (Å²) in [5.74, 6) is 7.03. The molecule has 1 saturated carbocycles. The first-order chi connectivity index (χ1) is 14.3. The summed E-state index contributed by atoms with van der Waals surface area (Å²) in [5.41, 5.74) is 1.91. The van der Waals surface area contributed by atoms with Crippen LogP contribution in [0.15, 0.2) is 18.2 Å². The molecule has 2 N–H and O–H groups in total. The van der Waals surface area contributed by atoms with Crippen molar-refractivity contribution in [2.75, 3.05) is 27.2 Å². The van der Waals surface area contributed by atoms with Crippen molar-refractivity contribution < 1.29 is 14.6 Å². The molecule has 2 aliphatic carbocycles. The number of amides is 1. The van der Waals surface area contributed by atoms with Crippen LogP contribution in [0.5, 0.6) is 5.75 Å². The highest BCUT2D eigenvalue weighted by atomic mass is 16.6. The van der Waals surface area contributed by atoms with E-state index in [1.165, 1.54) is 11.1 Å². The summed E-state index contributed by atoms with van der Waals surface area (Å²) in [5, 5.41) is 13.7. The molecule has 3 atom stereocenters. The Morgan fingerprint density at radius 1 is 1.37 bits per heavy atom. The van der Waals surface area contributed by atoms with Crippen molar-refractivity contribution in [3.8, 4) is 17.6 Å². The Morgan fingerprint density at radius 2 is 2.17 bits per heavy atom. The van der Waals surface area contributed by atoms with Gasteiger partial charge in [0, 0.05) is 13.1 Å². The second kappa shape index (κ2) is 9.41. The number of carbonyl (C=O) groups is 1. The molecule has 5 heteroatoms. The van der Waals surface area contributed by atoms with E-state index in [-0.39, 0.29) is 5.41 Å². The van der Waals surface area contributed by atoms with E-state index >= 15 is 0 Å². The van der Waals surface area contributed by atoms with Gasteiger partial charge in [0.15, 0.2) is 0 Å². The zero-order valence-electron chi connectivity index (χ0n) is 18.9. The molecule has 0 unspecified atom stereocenters. The summed E-state index contributed by atoms with van der Waals surface area (Å²) >= 11 is 0. The third-order valence-corrected chi connectivity index (χ3v) is 6.82. The van der Waals surface area contributed by atoms with Gasteiger partial charge in [0.1, 0.15) is 11.4 Å². The third kappa shape index (κ3) is 4.82. The van der Waals surface area contributed by atoms with Crippen molar-refractivity contribution in [1.29, 1.82) is 0 Å². The van der Waals surface area contributed by atoms with Gasteiger partial charge in [-0.05, 0) is 94.1 Å². The fraction of sp³-hybridized carbons (Fsp3) is 0.640. The number of fused-ring (bicyclic) bond motifs is 3. The molecule has 0 aliphatic heterocycles. The van der Waals surface area contributed by atoms with Crippen LogP contribution < -0.4 is 10.1 Å². The largest absolute Gasteiger partial charge is 0.412 e. The van der Waals surface area contributed by atoms with E-state index in [1.54, 1.807) is 6.92 Å². The molecule has 0 saturated heterocycles. The van der Waals surface area contributed by atoms with Gasteiger partial charge in [0.05, 0.1) is 0 Å². The summed E-state index contributed by atoms with van der Waals surface area (Å²) in [4.78, 5) is 14.1. The maximum atomic E-state index is 12.1. The average molecular weight is 413 g/mol. The van der Waals surface area contributed by atoms with Crippen LogP contribution in [0.2, 0.25) is 0 Å². The highest BCUT2D eigenvalue weighted by Crippen LogP contribution is 2.55. The Morgan fingerprint density at radius 3 is 2.87 bits per heavy atom. The molecule has 1 aromatic rings. The number of rotatable bonds is 6. The smallest absolute Gasteiger partial charge is 0.410 e. The van der Waals surface area contributed by atoms with Crippen molar-refractivity contribution in [3.63, 3.8) is 0 Å². The van der Waals surface area contributed by atoms with Crippen LogP contribution in [-0.2, 0) is 11.8 Å². The van der Waals surface area contributed by atoms with Gasteiger partial charge in [-0.2, -0.15) is 0 Å². The van der Waals surface area contributed by atoms with E-state index in [0.717, 1.165) is 51.5 Å². The summed E-state index contributed by atoms with van der Waals surface area (Å²) in [7, 11) is 3.94. The first-order valence-electron chi connectivity index (χ1n) is 11.2. The second-order valence-electron chi connectivity index (χ2n) is 9.19. The maximum absolute atomic E-state index is 12.1. The zero-order chi connectivity index (χ0) is 21.8. The second-order valence-corrected chi connectivity index (χ2v) is 9.19. The van der Waals surface area contributed by atoms with Gasteiger partial charge in [0.25, 0.3) is 0 Å². The van der Waals surface area contributed by atoms with E-state index in [0.29, 0.717) is 18.2 Å². The number of hydrogen-bond donors (Lipinski definition) is 2. The average Bonchev–Trinajstić information content (AvgIpc) is 2.68. The number of carbonyl (C=O) groups excluding carboxylic acids is 1. The molecule has 1 amide bonds. The molecule has 0 bridgehead atoms. The van der Waals surface area contributed by atoms with E-state index in [2.05, 4.69) is 30.1 Å². The molecule has 2 aliphatic rings. The highest BCUT2D eigenvalue weighted by molar-refractivity contribution is 5.70. The minimum Gasteiger partial charge on any atom is -0.410 e. The minimum absolute atomic E-state index is 0.0937. The topological polar surface area (TPSA) is 61.8 Å². The van der Waals surface area contributed by atoms with Crippen LogP contribution >= 0.6 is 0 Å². The molecule has 30 heavy (non-hydrogen) atoms. The molecule has 5 nitrogen and oxygen atoms in total. The fourth-order valence-corrected chi connectivity index (χ4v) is 5.51. The van der Waals surface area contributed by atoms with Crippen LogP contribution in [0, 0.1) is 17.8 Å². The Balaban J connectivity index is 1.78. The first-order valence-corrected chi connectivity index (χ1v) is 11.2. The fourth-order valence-electron chi connectivity index (χ4n) is 5.51. The van der Waals surface area contributed by atoms with Crippen molar-refractivity contribution >= 4 is 6.09 Å². The van der Waals surface area contributed by atoms with Crippen LogP contribution in [0.25, 0.3) is 0 Å². The third-order valence-electron chi connectivity index (χ3n) is 6.82.